The van der Waals surface area contributed by atoms with Crippen molar-refractivity contribution in [2.24, 2.45) is 0 Å². The fourth-order valence-electron chi connectivity index (χ4n) is 1.85. The Morgan fingerprint density at radius 2 is 1.94 bits per heavy atom. The van der Waals surface area contributed by atoms with Gasteiger partial charge < -0.3 is 9.80 Å². The Kier molecular flexibility index (Phi) is 5.69. The molecule has 18 heavy (non-hydrogen) atoms. The Morgan fingerprint density at radius 1 is 1.22 bits per heavy atom. The van der Waals surface area contributed by atoms with Gasteiger partial charge in [0.05, 0.1) is 0 Å². The molecule has 1 aromatic carbocycles. The molecule has 1 aromatic rings. The van der Waals surface area contributed by atoms with Crippen LogP contribution < -0.4 is 4.90 Å². The number of rotatable bonds is 6. The van der Waals surface area contributed by atoms with Gasteiger partial charge in [0.1, 0.15) is 0 Å². The van der Waals surface area contributed by atoms with E-state index in [1.165, 1.54) is 0 Å². The van der Waals surface area contributed by atoms with Crippen LogP contribution in [-0.2, 0) is 0 Å². The summed E-state index contributed by atoms with van der Waals surface area (Å²) >= 11 is 0. The minimum Gasteiger partial charge on any atom is -0.378 e. The molecular weight excluding hydrogens is 224 g/mol. The molecule has 0 heterocycles. The second kappa shape index (κ2) is 7.04. The van der Waals surface area contributed by atoms with Crippen molar-refractivity contribution in [1.29, 1.82) is 0 Å². The van der Waals surface area contributed by atoms with E-state index in [0.29, 0.717) is 0 Å². The summed E-state index contributed by atoms with van der Waals surface area (Å²) in [6, 6.07) is 7.80. The molecule has 0 aliphatic rings. The molecule has 0 saturated carbocycles. The molecule has 0 saturated heterocycles. The van der Waals surface area contributed by atoms with Crippen LogP contribution in [0.15, 0.2) is 24.3 Å². The van der Waals surface area contributed by atoms with Gasteiger partial charge in [-0.1, -0.05) is 19.4 Å². The molecule has 1 amide bonds. The summed E-state index contributed by atoms with van der Waals surface area (Å²) in [5, 5.41) is 0. The molecular formula is C15H24N2O. The molecule has 3 heteroatoms. The van der Waals surface area contributed by atoms with Crippen LogP contribution in [0.25, 0.3) is 0 Å². The summed E-state index contributed by atoms with van der Waals surface area (Å²) in [5.41, 5.74) is 1.84. The van der Waals surface area contributed by atoms with Gasteiger partial charge in [0, 0.05) is 38.4 Å². The molecule has 3 nitrogen and oxygen atoms in total. The first-order valence-electron chi connectivity index (χ1n) is 6.66. The smallest absolute Gasteiger partial charge is 0.253 e. The first-order chi connectivity index (χ1) is 8.60. The zero-order valence-electron chi connectivity index (χ0n) is 11.9. The Balaban J connectivity index is 2.84. The largest absolute Gasteiger partial charge is 0.378 e. The lowest BCUT2D eigenvalue weighted by Gasteiger charge is -2.21. The molecule has 0 aliphatic heterocycles. The van der Waals surface area contributed by atoms with Crippen molar-refractivity contribution in [2.45, 2.75) is 26.7 Å². The summed E-state index contributed by atoms with van der Waals surface area (Å²) in [4.78, 5) is 16.3. The van der Waals surface area contributed by atoms with Gasteiger partial charge in [0.25, 0.3) is 5.91 Å². The van der Waals surface area contributed by atoms with Crippen LogP contribution in [0.2, 0.25) is 0 Å². The van der Waals surface area contributed by atoms with Crippen molar-refractivity contribution in [1.82, 2.24) is 4.90 Å². The van der Waals surface area contributed by atoms with Gasteiger partial charge in [0.15, 0.2) is 0 Å². The maximum absolute atomic E-state index is 12.4. The first kappa shape index (κ1) is 14.6. The van der Waals surface area contributed by atoms with E-state index in [0.717, 1.165) is 37.2 Å². The van der Waals surface area contributed by atoms with Crippen LogP contribution in [0.4, 0.5) is 5.69 Å². The fourth-order valence-corrected chi connectivity index (χ4v) is 1.85. The highest BCUT2D eigenvalue weighted by atomic mass is 16.2. The van der Waals surface area contributed by atoms with Gasteiger partial charge in [-0.3, -0.25) is 4.79 Å². The summed E-state index contributed by atoms with van der Waals surface area (Å²) in [6.45, 7) is 5.79. The van der Waals surface area contributed by atoms with E-state index in [-0.39, 0.29) is 5.91 Å². The monoisotopic (exact) mass is 248 g/mol. The van der Waals surface area contributed by atoms with E-state index in [1.54, 1.807) is 0 Å². The zero-order chi connectivity index (χ0) is 13.5. The minimum atomic E-state index is 0.134. The Labute approximate surface area is 110 Å². The fraction of sp³-hybridized carbons (Fsp3) is 0.533. The zero-order valence-corrected chi connectivity index (χ0v) is 11.9. The highest BCUT2D eigenvalue weighted by molar-refractivity contribution is 5.95. The molecule has 0 radical (unpaired) electrons. The molecule has 0 atom stereocenters. The molecule has 0 fully saturated rings. The van der Waals surface area contributed by atoms with Crippen molar-refractivity contribution in [3.63, 3.8) is 0 Å². The molecule has 0 N–H and O–H groups in total. The maximum Gasteiger partial charge on any atom is 0.253 e. The number of amides is 1. The van der Waals surface area contributed by atoms with E-state index in [2.05, 4.69) is 6.92 Å². The number of hydrogen-bond acceptors (Lipinski definition) is 2. The first-order valence-corrected chi connectivity index (χ1v) is 6.66. The van der Waals surface area contributed by atoms with Gasteiger partial charge in [-0.15, -0.1) is 0 Å². The van der Waals surface area contributed by atoms with Gasteiger partial charge in [-0.2, -0.15) is 0 Å². The summed E-state index contributed by atoms with van der Waals surface area (Å²) in [6.07, 6.45) is 2.18. The van der Waals surface area contributed by atoms with Crippen molar-refractivity contribution in [2.75, 3.05) is 32.1 Å². The van der Waals surface area contributed by atoms with E-state index >= 15 is 0 Å². The number of hydrogen-bond donors (Lipinski definition) is 0. The third kappa shape index (κ3) is 3.76. The molecule has 0 bridgehead atoms. The SMILES string of the molecule is CCCCN(CC)C(=O)c1cccc(N(C)C)c1. The summed E-state index contributed by atoms with van der Waals surface area (Å²) in [5.74, 6) is 0.134. The number of carbonyl (C=O) groups excluding carboxylic acids is 1. The lowest BCUT2D eigenvalue weighted by molar-refractivity contribution is 0.0762. The van der Waals surface area contributed by atoms with Gasteiger partial charge in [-0.05, 0) is 31.5 Å². The second-order valence-electron chi connectivity index (χ2n) is 4.68. The summed E-state index contributed by atoms with van der Waals surface area (Å²) in [7, 11) is 3.97. The molecule has 1 rings (SSSR count). The van der Waals surface area contributed by atoms with Gasteiger partial charge >= 0.3 is 0 Å². The predicted octanol–water partition coefficient (Wildman–Crippen LogP) is 3.01. The average molecular weight is 248 g/mol. The van der Waals surface area contributed by atoms with Crippen LogP contribution in [0.5, 0.6) is 0 Å². The summed E-state index contributed by atoms with van der Waals surface area (Å²) < 4.78 is 0. The molecule has 100 valence electrons. The van der Waals surface area contributed by atoms with Crippen molar-refractivity contribution >= 4 is 11.6 Å². The second-order valence-corrected chi connectivity index (χ2v) is 4.68. The van der Waals surface area contributed by atoms with Crippen LogP contribution in [0.1, 0.15) is 37.0 Å². The predicted molar refractivity (Wildman–Crippen MR) is 77.3 cm³/mol. The number of unbranched alkanes of at least 4 members (excludes halogenated alkanes) is 1. The third-order valence-electron chi connectivity index (χ3n) is 3.06. The number of benzene rings is 1. The van der Waals surface area contributed by atoms with Crippen molar-refractivity contribution in [3.05, 3.63) is 29.8 Å². The third-order valence-corrected chi connectivity index (χ3v) is 3.06. The van der Waals surface area contributed by atoms with Crippen molar-refractivity contribution < 1.29 is 4.79 Å². The highest BCUT2D eigenvalue weighted by Crippen LogP contribution is 2.15. The number of anilines is 1. The average Bonchev–Trinajstić information content (AvgIpc) is 2.39. The number of carbonyl (C=O) groups is 1. The standard InChI is InChI=1S/C15H24N2O/c1-5-7-11-17(6-2)15(18)13-9-8-10-14(12-13)16(3)4/h8-10,12H,5-7,11H2,1-4H3. The van der Waals surface area contributed by atoms with Crippen LogP contribution >= 0.6 is 0 Å². The van der Waals surface area contributed by atoms with Gasteiger partial charge in [-0.25, -0.2) is 0 Å². The van der Waals surface area contributed by atoms with E-state index < -0.39 is 0 Å². The van der Waals surface area contributed by atoms with Crippen LogP contribution in [0, 0.1) is 0 Å². The van der Waals surface area contributed by atoms with E-state index in [9.17, 15) is 4.79 Å². The van der Waals surface area contributed by atoms with E-state index in [4.69, 9.17) is 0 Å². The minimum absolute atomic E-state index is 0.134. The van der Waals surface area contributed by atoms with Crippen molar-refractivity contribution in [3.8, 4) is 0 Å². The Hall–Kier alpha value is -1.51. The quantitative estimate of drug-likeness (QED) is 0.772. The van der Waals surface area contributed by atoms with Gasteiger partial charge in [0.2, 0.25) is 0 Å². The number of nitrogens with zero attached hydrogens (tertiary/aromatic N) is 2. The highest BCUT2D eigenvalue weighted by Gasteiger charge is 2.13. The lowest BCUT2D eigenvalue weighted by Crippen LogP contribution is -2.31. The van der Waals surface area contributed by atoms with Crippen LogP contribution in [0.3, 0.4) is 0 Å². The lowest BCUT2D eigenvalue weighted by atomic mass is 10.1. The molecule has 0 aliphatic carbocycles. The molecule has 0 spiro atoms. The molecule has 0 aromatic heterocycles. The Morgan fingerprint density at radius 3 is 2.50 bits per heavy atom. The molecule has 0 unspecified atom stereocenters. The Bertz CT molecular complexity index is 388. The maximum atomic E-state index is 12.4. The topological polar surface area (TPSA) is 23.6 Å². The van der Waals surface area contributed by atoms with Crippen LogP contribution in [-0.4, -0.2) is 38.0 Å². The normalized spacial score (nSPS) is 10.2. The van der Waals surface area contributed by atoms with E-state index in [1.807, 2.05) is 55.1 Å².